The van der Waals surface area contributed by atoms with Gasteiger partial charge in [-0.3, -0.25) is 0 Å². The van der Waals surface area contributed by atoms with Crippen LogP contribution in [0.1, 0.15) is 26.3 Å². The first kappa shape index (κ1) is 20.7. The van der Waals surface area contributed by atoms with Crippen LogP contribution in [0.2, 0.25) is 0 Å². The van der Waals surface area contributed by atoms with Crippen molar-refractivity contribution in [2.24, 2.45) is 5.73 Å². The van der Waals surface area contributed by atoms with Crippen LogP contribution in [0.3, 0.4) is 0 Å². The summed E-state index contributed by atoms with van der Waals surface area (Å²) in [4.78, 5) is 25.0. The quantitative estimate of drug-likeness (QED) is 0.669. The van der Waals surface area contributed by atoms with Crippen LogP contribution in [0.4, 0.5) is 14.5 Å². The van der Waals surface area contributed by atoms with Gasteiger partial charge in [0, 0.05) is 6.54 Å². The third-order valence-electron chi connectivity index (χ3n) is 3.05. The lowest BCUT2D eigenvalue weighted by molar-refractivity contribution is 0.0591. The highest BCUT2D eigenvalue weighted by molar-refractivity contribution is 5.90. The molecule has 26 heavy (non-hydrogen) atoms. The molecule has 2 rings (SSSR count). The molecule has 2 aromatic rings. The van der Waals surface area contributed by atoms with Gasteiger partial charge in [0.15, 0.2) is 5.69 Å². The zero-order chi connectivity index (χ0) is 19.7. The summed E-state index contributed by atoms with van der Waals surface area (Å²) < 4.78 is 34.4. The van der Waals surface area contributed by atoms with Gasteiger partial charge in [-0.15, -0.1) is 0 Å². The molecule has 0 aliphatic heterocycles. The summed E-state index contributed by atoms with van der Waals surface area (Å²) in [5, 5.41) is 0. The minimum Gasteiger partial charge on any atom is -0.465 e. The van der Waals surface area contributed by atoms with Crippen molar-refractivity contribution < 1.29 is 27.8 Å². The largest absolute Gasteiger partial charge is 0.465 e. The van der Waals surface area contributed by atoms with E-state index < -0.39 is 23.6 Å². The Labute approximate surface area is 149 Å². The number of ether oxygens (including phenoxy) is 2. The van der Waals surface area contributed by atoms with Gasteiger partial charge in [0.2, 0.25) is 0 Å². The molecule has 0 radical (unpaired) electrons. The molecule has 2 aromatic carbocycles. The Kier molecular flexibility index (Phi) is 7.86. The highest BCUT2D eigenvalue weighted by Crippen LogP contribution is 2.17. The average molecular weight is 362 g/mol. The molecule has 0 unspecified atom stereocenters. The molecule has 6 nitrogen and oxygen atoms in total. The lowest BCUT2D eigenvalue weighted by atomic mass is 10.1. The lowest BCUT2D eigenvalue weighted by Crippen LogP contribution is -2.05. The number of carbonyl (C=O) groups excluding carboxylic acids is 2. The van der Waals surface area contributed by atoms with E-state index in [1.54, 1.807) is 0 Å². The fraction of sp³-hybridized carbons (Fsp3) is 0.167. The van der Waals surface area contributed by atoms with Crippen LogP contribution in [0.25, 0.3) is 4.85 Å². The molecule has 0 fully saturated rings. The van der Waals surface area contributed by atoms with E-state index in [0.717, 1.165) is 18.2 Å². The number of methoxy groups -OCH3 is 2. The van der Waals surface area contributed by atoms with Crippen LogP contribution >= 0.6 is 0 Å². The van der Waals surface area contributed by atoms with Gasteiger partial charge >= 0.3 is 11.9 Å². The number of benzene rings is 2. The van der Waals surface area contributed by atoms with Crippen molar-refractivity contribution in [3.05, 3.63) is 76.1 Å². The fourth-order valence-corrected chi connectivity index (χ4v) is 1.88. The maximum Gasteiger partial charge on any atom is 0.337 e. The third kappa shape index (κ3) is 5.96. The second-order valence-corrected chi connectivity index (χ2v) is 4.85. The molecule has 0 bridgehead atoms. The minimum absolute atomic E-state index is 0.0495. The first-order chi connectivity index (χ1) is 12.3. The maximum absolute atomic E-state index is 12.8. The van der Waals surface area contributed by atoms with Crippen molar-refractivity contribution in [1.29, 1.82) is 0 Å². The van der Waals surface area contributed by atoms with Gasteiger partial charge in [-0.05, 0) is 42.0 Å². The van der Waals surface area contributed by atoms with E-state index >= 15 is 0 Å². The summed E-state index contributed by atoms with van der Waals surface area (Å²) in [7, 11) is 2.44. The summed E-state index contributed by atoms with van der Waals surface area (Å²) in [6.07, 6.45) is 0. The molecule has 2 N–H and O–H groups in total. The van der Waals surface area contributed by atoms with E-state index in [9.17, 15) is 18.4 Å². The van der Waals surface area contributed by atoms with Crippen LogP contribution in [0.15, 0.2) is 36.4 Å². The van der Waals surface area contributed by atoms with E-state index in [1.807, 2.05) is 0 Å². The zero-order valence-corrected chi connectivity index (χ0v) is 14.1. The summed E-state index contributed by atoms with van der Waals surface area (Å²) in [6, 6.07) is 7.27. The van der Waals surface area contributed by atoms with Crippen molar-refractivity contribution in [1.82, 2.24) is 0 Å². The van der Waals surface area contributed by atoms with E-state index in [1.165, 1.54) is 32.4 Å². The van der Waals surface area contributed by atoms with Gasteiger partial charge in [-0.1, -0.05) is 0 Å². The molecule has 0 atom stereocenters. The molecule has 0 aromatic heterocycles. The Morgan fingerprint density at radius 2 is 1.46 bits per heavy atom. The number of carbonyl (C=O) groups is 2. The molecule has 0 heterocycles. The second kappa shape index (κ2) is 9.86. The number of nitrogens with two attached hydrogens (primary N) is 1. The van der Waals surface area contributed by atoms with Crippen LogP contribution in [0, 0.1) is 18.2 Å². The number of halogens is 2. The topological polar surface area (TPSA) is 83.0 Å². The Morgan fingerprint density at radius 1 is 0.962 bits per heavy atom. The number of hydrogen-bond donors (Lipinski definition) is 1. The van der Waals surface area contributed by atoms with Crippen LogP contribution in [-0.4, -0.2) is 26.2 Å². The molecular weight excluding hydrogens is 346 g/mol. The first-order valence-corrected chi connectivity index (χ1v) is 7.18. The standard InChI is InChI=1S/C9H6FNO2.C9H10FNO2/c1-11-8-4-6(9(12)13-2)3-7(10)5-8;1-13-9(12)7-2-6(5-11)3-8(10)4-7/h3-5H,2H3;2-4H,5,11H2,1H3. The molecule has 0 spiro atoms. The van der Waals surface area contributed by atoms with Crippen LogP contribution in [-0.2, 0) is 16.0 Å². The third-order valence-corrected chi connectivity index (χ3v) is 3.05. The van der Waals surface area contributed by atoms with E-state index in [-0.39, 0.29) is 23.4 Å². The highest BCUT2D eigenvalue weighted by Gasteiger charge is 2.08. The fourth-order valence-electron chi connectivity index (χ4n) is 1.88. The lowest BCUT2D eigenvalue weighted by Gasteiger charge is -2.02. The predicted molar refractivity (Wildman–Crippen MR) is 89.6 cm³/mol. The van der Waals surface area contributed by atoms with E-state index in [2.05, 4.69) is 14.3 Å². The van der Waals surface area contributed by atoms with E-state index in [4.69, 9.17) is 12.3 Å². The zero-order valence-electron chi connectivity index (χ0n) is 14.1. The Hall–Kier alpha value is -3.31. The van der Waals surface area contributed by atoms with Crippen LogP contribution < -0.4 is 5.73 Å². The average Bonchev–Trinajstić information content (AvgIpc) is 2.65. The highest BCUT2D eigenvalue weighted by atomic mass is 19.1. The molecule has 0 saturated heterocycles. The molecule has 0 aliphatic carbocycles. The molecule has 0 saturated carbocycles. The van der Waals surface area contributed by atoms with Crippen LogP contribution in [0.5, 0.6) is 0 Å². The molecule has 136 valence electrons. The maximum atomic E-state index is 12.8. The van der Waals surface area contributed by atoms with Crippen molar-refractivity contribution >= 4 is 17.6 Å². The Balaban J connectivity index is 0.000000260. The molecule has 8 heteroatoms. The van der Waals surface area contributed by atoms with Crippen molar-refractivity contribution in [2.75, 3.05) is 14.2 Å². The summed E-state index contributed by atoms with van der Waals surface area (Å²) in [6.45, 7) is 6.84. The number of esters is 2. The van der Waals surface area contributed by atoms with Crippen molar-refractivity contribution in [2.45, 2.75) is 6.54 Å². The first-order valence-electron chi connectivity index (χ1n) is 7.18. The van der Waals surface area contributed by atoms with Gasteiger partial charge in [-0.2, -0.15) is 0 Å². The van der Waals surface area contributed by atoms with Gasteiger partial charge in [0.05, 0.1) is 31.9 Å². The van der Waals surface area contributed by atoms with E-state index in [0.29, 0.717) is 5.56 Å². The molecule has 0 aliphatic rings. The second-order valence-electron chi connectivity index (χ2n) is 4.85. The van der Waals surface area contributed by atoms with Crippen molar-refractivity contribution in [3.63, 3.8) is 0 Å². The number of hydrogen-bond acceptors (Lipinski definition) is 5. The monoisotopic (exact) mass is 362 g/mol. The van der Waals surface area contributed by atoms with Gasteiger partial charge in [0.25, 0.3) is 0 Å². The van der Waals surface area contributed by atoms with Crippen molar-refractivity contribution in [3.8, 4) is 0 Å². The number of nitrogens with zero attached hydrogens (tertiary/aromatic N) is 1. The SMILES string of the molecule is COC(=O)c1cc(F)cc(CN)c1.[C-]#[N+]c1cc(F)cc(C(=O)OC)c1. The smallest absolute Gasteiger partial charge is 0.337 e. The summed E-state index contributed by atoms with van der Waals surface area (Å²) in [5.41, 5.74) is 6.20. The number of rotatable bonds is 3. The van der Waals surface area contributed by atoms with Gasteiger partial charge in [-0.25, -0.2) is 23.2 Å². The minimum atomic E-state index is -0.649. The van der Waals surface area contributed by atoms with Gasteiger partial charge in [0.1, 0.15) is 11.6 Å². The van der Waals surface area contributed by atoms with Gasteiger partial charge < -0.3 is 15.2 Å². The molecule has 0 amide bonds. The predicted octanol–water partition coefficient (Wildman–Crippen LogP) is 3.23. The Bertz CT molecular complexity index is 848. The Morgan fingerprint density at radius 3 is 1.92 bits per heavy atom. The molecular formula is C18H16F2N2O4. The normalized spacial score (nSPS) is 9.38. The summed E-state index contributed by atoms with van der Waals surface area (Å²) >= 11 is 0. The summed E-state index contributed by atoms with van der Waals surface area (Å²) in [5.74, 6) is -2.31.